The highest BCUT2D eigenvalue weighted by Gasteiger charge is 2.21. The molecule has 0 spiro atoms. The van der Waals surface area contributed by atoms with E-state index >= 15 is 0 Å². The van der Waals surface area contributed by atoms with Crippen molar-refractivity contribution in [2.24, 2.45) is 10.8 Å². The van der Waals surface area contributed by atoms with Crippen molar-refractivity contribution in [1.29, 1.82) is 0 Å². The van der Waals surface area contributed by atoms with Crippen molar-refractivity contribution < 1.29 is 19.2 Å². The lowest BCUT2D eigenvalue weighted by Crippen LogP contribution is -2.40. The molecule has 30 heavy (non-hydrogen) atoms. The van der Waals surface area contributed by atoms with Crippen LogP contribution in [-0.4, -0.2) is 64.8 Å². The Kier molecular flexibility index (Phi) is 8.94. The quantitative estimate of drug-likeness (QED) is 0.392. The van der Waals surface area contributed by atoms with E-state index in [0.717, 1.165) is 0 Å². The molecule has 4 N–H and O–H groups in total. The van der Waals surface area contributed by atoms with E-state index in [0.29, 0.717) is 13.1 Å². The van der Waals surface area contributed by atoms with Gasteiger partial charge in [-0.3, -0.25) is 19.2 Å². The molecule has 11 heteroatoms. The highest BCUT2D eigenvalue weighted by atomic mass is 16.2. The van der Waals surface area contributed by atoms with Gasteiger partial charge in [-0.15, -0.1) is 5.10 Å². The molecule has 0 aliphatic carbocycles. The molecule has 0 saturated heterocycles. The number of rotatable bonds is 9. The smallest absolute Gasteiger partial charge is 0.273 e. The fourth-order valence-electron chi connectivity index (χ4n) is 2.03. The summed E-state index contributed by atoms with van der Waals surface area (Å²) >= 11 is 0. The van der Waals surface area contributed by atoms with E-state index < -0.39 is 16.7 Å². The summed E-state index contributed by atoms with van der Waals surface area (Å²) in [5.74, 6) is -0.966. The topological polar surface area (TPSA) is 147 Å². The summed E-state index contributed by atoms with van der Waals surface area (Å²) < 4.78 is 1.25. The number of carbonyl (C=O) groups is 4. The van der Waals surface area contributed by atoms with Crippen LogP contribution < -0.4 is 21.3 Å². The van der Waals surface area contributed by atoms with Crippen LogP contribution >= 0.6 is 0 Å². The molecule has 1 heterocycles. The maximum Gasteiger partial charge on any atom is 0.273 e. The van der Waals surface area contributed by atoms with Crippen LogP contribution in [0.4, 0.5) is 0 Å². The van der Waals surface area contributed by atoms with Crippen molar-refractivity contribution in [3.05, 3.63) is 11.9 Å². The van der Waals surface area contributed by atoms with Crippen LogP contribution in [0, 0.1) is 10.8 Å². The highest BCUT2D eigenvalue weighted by molar-refractivity contribution is 5.92. The number of aromatic nitrogens is 3. The van der Waals surface area contributed by atoms with Crippen molar-refractivity contribution in [2.45, 2.75) is 48.1 Å². The molecule has 0 aliphatic heterocycles. The Bertz CT molecular complexity index is 760. The number of hydrogen-bond acceptors (Lipinski definition) is 6. The molecule has 168 valence electrons. The Hall–Kier alpha value is -2.98. The van der Waals surface area contributed by atoms with Gasteiger partial charge < -0.3 is 21.3 Å². The molecule has 0 saturated carbocycles. The van der Waals surface area contributed by atoms with Crippen molar-refractivity contribution in [3.8, 4) is 0 Å². The molecule has 4 amide bonds. The third-order valence-electron chi connectivity index (χ3n) is 3.87. The minimum absolute atomic E-state index is 0.0717. The third-order valence-corrected chi connectivity index (χ3v) is 3.87. The fraction of sp³-hybridized carbons (Fsp3) is 0.684. The van der Waals surface area contributed by atoms with Gasteiger partial charge in [0.2, 0.25) is 17.7 Å². The Morgan fingerprint density at radius 3 is 1.77 bits per heavy atom. The molecule has 1 aromatic heterocycles. The van der Waals surface area contributed by atoms with E-state index in [9.17, 15) is 19.2 Å². The Morgan fingerprint density at radius 1 is 0.800 bits per heavy atom. The van der Waals surface area contributed by atoms with E-state index in [1.165, 1.54) is 10.9 Å². The van der Waals surface area contributed by atoms with Gasteiger partial charge in [0, 0.05) is 37.0 Å². The minimum atomic E-state index is -0.495. The van der Waals surface area contributed by atoms with Crippen LogP contribution in [0.5, 0.6) is 0 Å². The molecule has 0 fully saturated rings. The Morgan fingerprint density at radius 2 is 1.27 bits per heavy atom. The second-order valence-electron chi connectivity index (χ2n) is 8.92. The van der Waals surface area contributed by atoms with Crippen LogP contribution in [-0.2, 0) is 20.9 Å². The summed E-state index contributed by atoms with van der Waals surface area (Å²) in [7, 11) is 0. The normalized spacial score (nSPS) is 11.5. The first-order valence-electron chi connectivity index (χ1n) is 9.82. The van der Waals surface area contributed by atoms with Gasteiger partial charge in [0.25, 0.3) is 5.91 Å². The van der Waals surface area contributed by atoms with Crippen LogP contribution in [0.1, 0.15) is 52.0 Å². The molecule has 0 atom stereocenters. The number of nitrogens with one attached hydrogen (secondary N) is 4. The van der Waals surface area contributed by atoms with Gasteiger partial charge in [-0.2, -0.15) is 0 Å². The molecule has 1 aromatic rings. The molecule has 0 radical (unpaired) electrons. The van der Waals surface area contributed by atoms with Crippen LogP contribution in [0.25, 0.3) is 0 Å². The maximum absolute atomic E-state index is 12.1. The second kappa shape index (κ2) is 10.7. The predicted molar refractivity (Wildman–Crippen MR) is 110 cm³/mol. The van der Waals surface area contributed by atoms with Crippen LogP contribution in [0.15, 0.2) is 6.20 Å². The number of amides is 4. The lowest BCUT2D eigenvalue weighted by Gasteiger charge is -2.17. The van der Waals surface area contributed by atoms with Gasteiger partial charge in [-0.1, -0.05) is 46.8 Å². The first kappa shape index (κ1) is 25.1. The summed E-state index contributed by atoms with van der Waals surface area (Å²) in [5, 5.41) is 18.2. The third kappa shape index (κ3) is 9.01. The lowest BCUT2D eigenvalue weighted by atomic mass is 9.96. The van der Waals surface area contributed by atoms with Crippen LogP contribution in [0.2, 0.25) is 0 Å². The maximum atomic E-state index is 12.1. The Balaban J connectivity index is 2.32. The molecule has 0 bridgehead atoms. The molecule has 11 nitrogen and oxygen atoms in total. The van der Waals surface area contributed by atoms with Gasteiger partial charge in [0.1, 0.15) is 6.54 Å². The predicted octanol–water partition coefficient (Wildman–Crippen LogP) is -0.551. The average Bonchev–Trinajstić information content (AvgIpc) is 3.08. The van der Waals surface area contributed by atoms with Crippen molar-refractivity contribution in [1.82, 2.24) is 36.3 Å². The summed E-state index contributed by atoms with van der Waals surface area (Å²) in [5.41, 5.74) is -0.909. The highest BCUT2D eigenvalue weighted by Crippen LogP contribution is 2.12. The average molecular weight is 424 g/mol. The van der Waals surface area contributed by atoms with E-state index in [1.807, 2.05) is 0 Å². The standard InChI is InChI=1S/C19H33N7O4/c1-18(2,3)16(29)22-9-7-20-14(27)12-26-11-13(24-25-26)15(28)21-8-10-23-17(30)19(4,5)6/h11H,7-10,12H2,1-6H3,(H,20,27)(H,21,28)(H,22,29)(H,23,30). The first-order chi connectivity index (χ1) is 13.8. The van der Waals surface area contributed by atoms with Crippen LogP contribution in [0.3, 0.4) is 0 Å². The van der Waals surface area contributed by atoms with Gasteiger partial charge in [0.05, 0.1) is 6.20 Å². The monoisotopic (exact) mass is 423 g/mol. The largest absolute Gasteiger partial charge is 0.354 e. The van der Waals surface area contributed by atoms with Gasteiger partial charge in [-0.05, 0) is 0 Å². The molecular formula is C19H33N7O4. The molecular weight excluding hydrogens is 390 g/mol. The number of nitrogens with zero attached hydrogens (tertiary/aromatic N) is 3. The van der Waals surface area contributed by atoms with Gasteiger partial charge in [-0.25, -0.2) is 4.68 Å². The summed E-state index contributed by atoms with van der Waals surface area (Å²) in [6.07, 6.45) is 1.37. The van der Waals surface area contributed by atoms with E-state index in [-0.39, 0.29) is 43.0 Å². The molecule has 1 rings (SSSR count). The molecule has 0 aromatic carbocycles. The zero-order valence-corrected chi connectivity index (χ0v) is 18.6. The second-order valence-corrected chi connectivity index (χ2v) is 8.92. The number of hydrogen-bond donors (Lipinski definition) is 4. The lowest BCUT2D eigenvalue weighted by molar-refractivity contribution is -0.129. The van der Waals surface area contributed by atoms with E-state index in [4.69, 9.17) is 0 Å². The van der Waals surface area contributed by atoms with Crippen molar-refractivity contribution in [3.63, 3.8) is 0 Å². The first-order valence-corrected chi connectivity index (χ1v) is 9.82. The minimum Gasteiger partial charge on any atom is -0.354 e. The van der Waals surface area contributed by atoms with E-state index in [2.05, 4.69) is 31.6 Å². The summed E-state index contributed by atoms with van der Waals surface area (Å²) in [6.45, 7) is 11.9. The zero-order chi connectivity index (χ0) is 22.9. The fourth-order valence-corrected chi connectivity index (χ4v) is 2.03. The van der Waals surface area contributed by atoms with Gasteiger partial charge in [0.15, 0.2) is 5.69 Å². The SMILES string of the molecule is CC(C)(C)C(=O)NCCNC(=O)Cn1cc(C(=O)NCCNC(=O)C(C)(C)C)nn1. The van der Waals surface area contributed by atoms with Crippen molar-refractivity contribution in [2.75, 3.05) is 26.2 Å². The summed E-state index contributed by atoms with van der Waals surface area (Å²) in [6, 6.07) is 0. The molecule has 0 unspecified atom stereocenters. The van der Waals surface area contributed by atoms with Gasteiger partial charge >= 0.3 is 0 Å². The molecule has 0 aliphatic rings. The number of carbonyl (C=O) groups excluding carboxylic acids is 4. The Labute approximate surface area is 176 Å². The van der Waals surface area contributed by atoms with E-state index in [1.54, 1.807) is 41.5 Å². The van der Waals surface area contributed by atoms with Crippen molar-refractivity contribution >= 4 is 23.6 Å². The zero-order valence-electron chi connectivity index (χ0n) is 18.6. The summed E-state index contributed by atoms with van der Waals surface area (Å²) in [4.78, 5) is 47.5.